The van der Waals surface area contributed by atoms with Gasteiger partial charge in [-0.25, -0.2) is 0 Å². The van der Waals surface area contributed by atoms with E-state index in [0.717, 1.165) is 37.7 Å². The van der Waals surface area contributed by atoms with Crippen molar-refractivity contribution in [2.24, 2.45) is 5.92 Å². The molecule has 4 rings (SSSR count). The molecule has 27 heavy (non-hydrogen) atoms. The summed E-state index contributed by atoms with van der Waals surface area (Å²) in [5, 5.41) is 20.3. The van der Waals surface area contributed by atoms with Crippen LogP contribution >= 0.6 is 0 Å². The Morgan fingerprint density at radius 3 is 2.70 bits per heavy atom. The summed E-state index contributed by atoms with van der Waals surface area (Å²) < 4.78 is 0. The highest BCUT2D eigenvalue weighted by molar-refractivity contribution is 5.46. The van der Waals surface area contributed by atoms with Gasteiger partial charge in [0.15, 0.2) is 0 Å². The fourth-order valence-corrected chi connectivity index (χ4v) is 5.39. The second-order valence-corrected chi connectivity index (χ2v) is 8.15. The molecule has 0 aliphatic heterocycles. The SMILES string of the molecule is CC#C[C@]1(O)CC[C@]2(Cc3ccccc3)c3ccc(C#N)cc3CC[C@H]2C1. The molecule has 2 heteroatoms. The number of hydrogen-bond acceptors (Lipinski definition) is 2. The van der Waals surface area contributed by atoms with E-state index in [1.807, 2.05) is 13.0 Å². The number of benzene rings is 2. The Labute approximate surface area is 161 Å². The lowest BCUT2D eigenvalue weighted by Gasteiger charge is -2.52. The summed E-state index contributed by atoms with van der Waals surface area (Å²) in [6.07, 6.45) is 5.37. The van der Waals surface area contributed by atoms with Crippen LogP contribution in [0.4, 0.5) is 0 Å². The van der Waals surface area contributed by atoms with Gasteiger partial charge in [0.2, 0.25) is 0 Å². The standard InChI is InChI=1S/C25H25NO/c1-2-12-24(27)13-14-25(16-19-6-4-3-5-7-19)22(17-24)10-9-21-15-20(18-26)8-11-23(21)25/h3-8,11,15,22,27H,9-10,13-14,16-17H2,1H3/t22-,24-,25+/m0/s1. The van der Waals surface area contributed by atoms with Crippen molar-refractivity contribution in [3.8, 4) is 17.9 Å². The van der Waals surface area contributed by atoms with E-state index in [1.165, 1.54) is 16.7 Å². The first-order valence-corrected chi connectivity index (χ1v) is 9.82. The Bertz CT molecular complexity index is 946. The van der Waals surface area contributed by atoms with Gasteiger partial charge < -0.3 is 5.11 Å². The number of rotatable bonds is 2. The van der Waals surface area contributed by atoms with E-state index >= 15 is 0 Å². The molecule has 0 unspecified atom stereocenters. The molecule has 0 aromatic heterocycles. The molecule has 1 N–H and O–H groups in total. The Morgan fingerprint density at radius 1 is 1.15 bits per heavy atom. The Morgan fingerprint density at radius 2 is 1.96 bits per heavy atom. The van der Waals surface area contributed by atoms with Gasteiger partial charge in [-0.3, -0.25) is 0 Å². The molecule has 2 aliphatic rings. The third-order valence-electron chi connectivity index (χ3n) is 6.60. The number of aryl methyl sites for hydroxylation is 1. The van der Waals surface area contributed by atoms with E-state index in [0.29, 0.717) is 12.3 Å². The van der Waals surface area contributed by atoms with Crippen LogP contribution in [-0.2, 0) is 18.3 Å². The van der Waals surface area contributed by atoms with Crippen molar-refractivity contribution in [2.45, 2.75) is 56.5 Å². The van der Waals surface area contributed by atoms with Crippen LogP contribution in [0, 0.1) is 29.1 Å². The predicted molar refractivity (Wildman–Crippen MR) is 107 cm³/mol. The highest BCUT2D eigenvalue weighted by Crippen LogP contribution is 2.54. The minimum atomic E-state index is -0.857. The molecule has 0 saturated heterocycles. The summed E-state index contributed by atoms with van der Waals surface area (Å²) >= 11 is 0. The van der Waals surface area contributed by atoms with Crippen molar-refractivity contribution in [2.75, 3.05) is 0 Å². The molecule has 2 nitrogen and oxygen atoms in total. The Balaban J connectivity index is 1.80. The summed E-state index contributed by atoms with van der Waals surface area (Å²) in [4.78, 5) is 0. The maximum Gasteiger partial charge on any atom is 0.125 e. The van der Waals surface area contributed by atoms with E-state index in [1.54, 1.807) is 0 Å². The topological polar surface area (TPSA) is 44.0 Å². The van der Waals surface area contributed by atoms with Gasteiger partial charge in [0.25, 0.3) is 0 Å². The summed E-state index contributed by atoms with van der Waals surface area (Å²) in [5.41, 5.74) is 3.94. The predicted octanol–water partition coefficient (Wildman–Crippen LogP) is 4.54. The van der Waals surface area contributed by atoms with Gasteiger partial charge in [-0.15, -0.1) is 5.92 Å². The third kappa shape index (κ3) is 3.16. The molecule has 0 bridgehead atoms. The fourth-order valence-electron chi connectivity index (χ4n) is 5.39. The van der Waals surface area contributed by atoms with Gasteiger partial charge in [0.05, 0.1) is 11.6 Å². The molecule has 0 amide bonds. The molecule has 2 aromatic carbocycles. The monoisotopic (exact) mass is 355 g/mol. The zero-order valence-electron chi connectivity index (χ0n) is 15.8. The number of aliphatic hydroxyl groups is 1. The van der Waals surface area contributed by atoms with Gasteiger partial charge >= 0.3 is 0 Å². The van der Waals surface area contributed by atoms with Gasteiger partial charge in [0.1, 0.15) is 5.60 Å². The van der Waals surface area contributed by atoms with Crippen molar-refractivity contribution in [1.29, 1.82) is 5.26 Å². The molecule has 0 heterocycles. The zero-order chi connectivity index (χ0) is 18.9. The Hall–Kier alpha value is -2.55. The maximum atomic E-state index is 11.0. The average Bonchev–Trinajstić information content (AvgIpc) is 2.69. The maximum absolute atomic E-state index is 11.0. The minimum Gasteiger partial charge on any atom is -0.378 e. The van der Waals surface area contributed by atoms with E-state index in [4.69, 9.17) is 0 Å². The molecule has 2 aromatic rings. The number of hydrogen-bond donors (Lipinski definition) is 1. The number of fused-ring (bicyclic) bond motifs is 3. The second kappa shape index (κ2) is 6.88. The minimum absolute atomic E-state index is 0.0184. The third-order valence-corrected chi connectivity index (χ3v) is 6.60. The van der Waals surface area contributed by atoms with E-state index in [2.05, 4.69) is 60.4 Å². The highest BCUT2D eigenvalue weighted by Gasteiger charge is 2.51. The van der Waals surface area contributed by atoms with Crippen molar-refractivity contribution in [1.82, 2.24) is 0 Å². The van der Waals surface area contributed by atoms with Gasteiger partial charge in [-0.1, -0.05) is 42.3 Å². The van der Waals surface area contributed by atoms with Gasteiger partial charge in [-0.05, 0) is 80.2 Å². The fraction of sp³-hybridized carbons (Fsp3) is 0.400. The summed E-state index contributed by atoms with van der Waals surface area (Å²) in [6.45, 7) is 1.81. The highest BCUT2D eigenvalue weighted by atomic mass is 16.3. The average molecular weight is 355 g/mol. The molecular formula is C25H25NO. The van der Waals surface area contributed by atoms with E-state index in [9.17, 15) is 10.4 Å². The van der Waals surface area contributed by atoms with Crippen LogP contribution in [0.5, 0.6) is 0 Å². The van der Waals surface area contributed by atoms with Gasteiger partial charge in [-0.2, -0.15) is 5.26 Å². The lowest BCUT2D eigenvalue weighted by molar-refractivity contribution is -0.00801. The van der Waals surface area contributed by atoms with Crippen LogP contribution in [0.15, 0.2) is 48.5 Å². The molecule has 1 fully saturated rings. The van der Waals surface area contributed by atoms with Crippen molar-refractivity contribution in [3.05, 3.63) is 70.8 Å². The molecule has 136 valence electrons. The lowest BCUT2D eigenvalue weighted by Crippen LogP contribution is -2.50. The molecule has 0 radical (unpaired) electrons. The molecule has 1 saturated carbocycles. The van der Waals surface area contributed by atoms with Crippen LogP contribution in [-0.4, -0.2) is 10.7 Å². The molecule has 0 spiro atoms. The molecule has 2 aliphatic carbocycles. The van der Waals surface area contributed by atoms with Gasteiger partial charge in [0, 0.05) is 5.41 Å². The normalized spacial score (nSPS) is 28.9. The second-order valence-electron chi connectivity index (χ2n) is 8.15. The largest absolute Gasteiger partial charge is 0.378 e. The van der Waals surface area contributed by atoms with Crippen LogP contribution in [0.25, 0.3) is 0 Å². The first-order chi connectivity index (χ1) is 13.1. The first kappa shape index (κ1) is 17.8. The zero-order valence-corrected chi connectivity index (χ0v) is 15.8. The number of nitriles is 1. The quantitative estimate of drug-likeness (QED) is 0.804. The van der Waals surface area contributed by atoms with E-state index < -0.39 is 5.60 Å². The van der Waals surface area contributed by atoms with Crippen LogP contribution < -0.4 is 0 Å². The Kier molecular flexibility index (Phi) is 4.55. The lowest BCUT2D eigenvalue weighted by atomic mass is 9.52. The summed E-state index contributed by atoms with van der Waals surface area (Å²) in [5.74, 6) is 6.41. The van der Waals surface area contributed by atoms with E-state index in [-0.39, 0.29) is 5.41 Å². The van der Waals surface area contributed by atoms with Crippen molar-refractivity contribution in [3.63, 3.8) is 0 Å². The smallest absolute Gasteiger partial charge is 0.125 e. The number of nitrogens with zero attached hydrogens (tertiary/aromatic N) is 1. The van der Waals surface area contributed by atoms with Crippen LogP contribution in [0.2, 0.25) is 0 Å². The van der Waals surface area contributed by atoms with Crippen molar-refractivity contribution >= 4 is 0 Å². The van der Waals surface area contributed by atoms with Crippen molar-refractivity contribution < 1.29 is 5.11 Å². The van der Waals surface area contributed by atoms with Crippen LogP contribution in [0.1, 0.15) is 54.9 Å². The molecule has 3 atom stereocenters. The van der Waals surface area contributed by atoms with Crippen LogP contribution in [0.3, 0.4) is 0 Å². The summed E-state index contributed by atoms with van der Waals surface area (Å²) in [6, 6.07) is 19.2. The summed E-state index contributed by atoms with van der Waals surface area (Å²) in [7, 11) is 0. The molecular weight excluding hydrogens is 330 g/mol. The first-order valence-electron chi connectivity index (χ1n) is 9.82.